The Bertz CT molecular complexity index is 852. The van der Waals surface area contributed by atoms with Crippen molar-refractivity contribution in [3.63, 3.8) is 0 Å². The average molecular weight is 358 g/mol. The second-order valence-corrected chi connectivity index (χ2v) is 7.63. The lowest BCUT2D eigenvalue weighted by molar-refractivity contribution is -0.130. The molecule has 2 aromatic rings. The molecular weight excluding hydrogens is 336 g/mol. The van der Waals surface area contributed by atoms with Crippen LogP contribution < -0.4 is 5.32 Å². The molecule has 0 aliphatic carbocycles. The van der Waals surface area contributed by atoms with Crippen molar-refractivity contribution in [2.24, 2.45) is 0 Å². The Labute approximate surface area is 152 Å². The SMILES string of the molecule is CN1C(=O)C(CC(=O)Nc2ccc3cc[nH]c3c2)N(C(C)(C)C)C1=S. The van der Waals surface area contributed by atoms with E-state index in [2.05, 4.69) is 10.3 Å². The number of carbonyl (C=O) groups excluding carboxylic acids is 2. The van der Waals surface area contributed by atoms with E-state index in [-0.39, 0.29) is 23.8 Å². The van der Waals surface area contributed by atoms with Gasteiger partial charge in [0.1, 0.15) is 6.04 Å². The van der Waals surface area contributed by atoms with Gasteiger partial charge in [0.05, 0.1) is 6.42 Å². The van der Waals surface area contributed by atoms with Crippen LogP contribution in [0.3, 0.4) is 0 Å². The minimum absolute atomic E-state index is 0.0589. The first-order valence-electron chi connectivity index (χ1n) is 8.16. The Morgan fingerprint density at radius 3 is 2.72 bits per heavy atom. The lowest BCUT2D eigenvalue weighted by Gasteiger charge is -2.36. The molecule has 0 spiro atoms. The minimum Gasteiger partial charge on any atom is -0.361 e. The minimum atomic E-state index is -0.577. The van der Waals surface area contributed by atoms with E-state index in [0.29, 0.717) is 10.8 Å². The van der Waals surface area contributed by atoms with Gasteiger partial charge in [0, 0.05) is 30.0 Å². The zero-order chi connectivity index (χ0) is 18.4. The fraction of sp³-hybridized carbons (Fsp3) is 0.389. The van der Waals surface area contributed by atoms with E-state index in [1.54, 1.807) is 7.05 Å². The zero-order valence-corrected chi connectivity index (χ0v) is 15.6. The highest BCUT2D eigenvalue weighted by Crippen LogP contribution is 2.28. The summed E-state index contributed by atoms with van der Waals surface area (Å²) in [6, 6.07) is 7.06. The summed E-state index contributed by atoms with van der Waals surface area (Å²) in [6.45, 7) is 5.95. The Balaban J connectivity index is 1.76. The molecule has 6 nitrogen and oxygen atoms in total. The topological polar surface area (TPSA) is 68.4 Å². The summed E-state index contributed by atoms with van der Waals surface area (Å²) < 4.78 is 0. The summed E-state index contributed by atoms with van der Waals surface area (Å²) >= 11 is 5.39. The summed E-state index contributed by atoms with van der Waals surface area (Å²) in [5, 5.41) is 4.41. The molecular formula is C18H22N4O2S. The van der Waals surface area contributed by atoms with E-state index >= 15 is 0 Å². The van der Waals surface area contributed by atoms with Gasteiger partial charge in [-0.3, -0.25) is 14.5 Å². The molecule has 0 saturated carbocycles. The van der Waals surface area contributed by atoms with Crippen LogP contribution in [0.5, 0.6) is 0 Å². The molecule has 0 bridgehead atoms. The number of amides is 2. The van der Waals surface area contributed by atoms with Gasteiger partial charge >= 0.3 is 0 Å². The Morgan fingerprint density at radius 2 is 2.04 bits per heavy atom. The number of benzene rings is 1. The number of rotatable bonds is 3. The maximum atomic E-state index is 12.5. The molecule has 2 heterocycles. The van der Waals surface area contributed by atoms with Crippen LogP contribution in [0.4, 0.5) is 5.69 Å². The Morgan fingerprint density at radius 1 is 1.32 bits per heavy atom. The molecule has 1 atom stereocenters. The molecule has 1 fully saturated rings. The van der Waals surface area contributed by atoms with Gasteiger partial charge in [-0.05, 0) is 56.6 Å². The van der Waals surface area contributed by atoms with E-state index in [1.165, 1.54) is 4.90 Å². The fourth-order valence-corrected chi connectivity index (χ4v) is 3.66. The number of nitrogens with zero attached hydrogens (tertiary/aromatic N) is 2. The van der Waals surface area contributed by atoms with Crippen LogP contribution in [0.25, 0.3) is 10.9 Å². The fourth-order valence-electron chi connectivity index (χ4n) is 3.17. The molecule has 1 aromatic carbocycles. The van der Waals surface area contributed by atoms with Gasteiger partial charge in [-0.15, -0.1) is 0 Å². The predicted octanol–water partition coefficient (Wildman–Crippen LogP) is 2.72. The lowest BCUT2D eigenvalue weighted by Crippen LogP contribution is -2.49. The zero-order valence-electron chi connectivity index (χ0n) is 14.8. The van der Waals surface area contributed by atoms with Crippen LogP contribution in [0.1, 0.15) is 27.2 Å². The second kappa shape index (κ2) is 6.15. The Kier molecular flexibility index (Phi) is 4.28. The normalized spacial score (nSPS) is 18.3. The quantitative estimate of drug-likeness (QED) is 0.828. The highest BCUT2D eigenvalue weighted by molar-refractivity contribution is 7.80. The largest absolute Gasteiger partial charge is 0.361 e. The molecule has 1 aliphatic rings. The van der Waals surface area contributed by atoms with E-state index in [4.69, 9.17) is 12.2 Å². The number of nitrogens with one attached hydrogen (secondary N) is 2. The molecule has 1 aromatic heterocycles. The summed E-state index contributed by atoms with van der Waals surface area (Å²) in [6.07, 6.45) is 1.91. The Hall–Kier alpha value is -2.41. The van der Waals surface area contributed by atoms with Crippen molar-refractivity contribution in [3.8, 4) is 0 Å². The van der Waals surface area contributed by atoms with Crippen molar-refractivity contribution in [1.82, 2.24) is 14.8 Å². The second-order valence-electron chi connectivity index (χ2n) is 7.27. The molecule has 1 unspecified atom stereocenters. The van der Waals surface area contributed by atoms with Gasteiger partial charge in [-0.1, -0.05) is 6.07 Å². The number of carbonyl (C=O) groups is 2. The molecule has 3 rings (SSSR count). The predicted molar refractivity (Wildman–Crippen MR) is 102 cm³/mol. The van der Waals surface area contributed by atoms with Crippen molar-refractivity contribution in [1.29, 1.82) is 0 Å². The highest BCUT2D eigenvalue weighted by Gasteiger charge is 2.46. The van der Waals surface area contributed by atoms with E-state index < -0.39 is 6.04 Å². The van der Waals surface area contributed by atoms with Crippen molar-refractivity contribution < 1.29 is 9.59 Å². The maximum absolute atomic E-state index is 12.5. The monoisotopic (exact) mass is 358 g/mol. The number of hydrogen-bond donors (Lipinski definition) is 2. The molecule has 132 valence electrons. The summed E-state index contributed by atoms with van der Waals surface area (Å²) in [5.74, 6) is -0.355. The molecule has 7 heteroatoms. The van der Waals surface area contributed by atoms with Crippen molar-refractivity contribution in [2.45, 2.75) is 38.8 Å². The lowest BCUT2D eigenvalue weighted by atomic mass is 10.0. The van der Waals surface area contributed by atoms with Gasteiger partial charge in [-0.25, -0.2) is 0 Å². The van der Waals surface area contributed by atoms with E-state index in [9.17, 15) is 9.59 Å². The van der Waals surface area contributed by atoms with Crippen LogP contribution in [-0.4, -0.2) is 50.3 Å². The van der Waals surface area contributed by atoms with Crippen LogP contribution in [0.15, 0.2) is 30.5 Å². The summed E-state index contributed by atoms with van der Waals surface area (Å²) in [4.78, 5) is 31.4. The number of aromatic amines is 1. The summed E-state index contributed by atoms with van der Waals surface area (Å²) in [5.41, 5.74) is 1.31. The number of hydrogen-bond acceptors (Lipinski definition) is 3. The first-order chi connectivity index (χ1) is 11.7. The molecule has 0 radical (unpaired) electrons. The standard InChI is InChI=1S/C18H22N4O2S/c1-18(2,3)22-14(16(24)21(4)17(22)25)10-15(23)20-12-6-5-11-7-8-19-13(11)9-12/h5-9,14,19H,10H2,1-4H3,(H,20,23). The molecule has 25 heavy (non-hydrogen) atoms. The van der Waals surface area contributed by atoms with Crippen LogP contribution in [0.2, 0.25) is 0 Å². The number of aromatic nitrogens is 1. The molecule has 2 amide bonds. The van der Waals surface area contributed by atoms with Crippen molar-refractivity contribution in [3.05, 3.63) is 30.5 Å². The third-order valence-corrected chi connectivity index (χ3v) is 4.83. The number of thiocarbonyl (C=S) groups is 1. The summed E-state index contributed by atoms with van der Waals surface area (Å²) in [7, 11) is 1.65. The van der Waals surface area contributed by atoms with Gasteiger partial charge in [-0.2, -0.15) is 0 Å². The number of anilines is 1. The third kappa shape index (κ3) is 3.24. The smallest absolute Gasteiger partial charge is 0.251 e. The van der Waals surface area contributed by atoms with Crippen molar-refractivity contribution >= 4 is 45.7 Å². The van der Waals surface area contributed by atoms with E-state index in [0.717, 1.165) is 10.9 Å². The van der Waals surface area contributed by atoms with Gasteiger partial charge < -0.3 is 15.2 Å². The van der Waals surface area contributed by atoms with E-state index in [1.807, 2.05) is 56.1 Å². The van der Waals surface area contributed by atoms with Crippen LogP contribution in [-0.2, 0) is 9.59 Å². The first kappa shape index (κ1) is 17.4. The molecule has 1 aliphatic heterocycles. The van der Waals surface area contributed by atoms with Crippen LogP contribution in [0, 0.1) is 0 Å². The third-order valence-electron chi connectivity index (χ3n) is 4.36. The molecule has 2 N–H and O–H groups in total. The number of fused-ring (bicyclic) bond motifs is 1. The van der Waals surface area contributed by atoms with Gasteiger partial charge in [0.15, 0.2) is 5.11 Å². The molecule has 1 saturated heterocycles. The highest BCUT2D eigenvalue weighted by atomic mass is 32.1. The van der Waals surface area contributed by atoms with Gasteiger partial charge in [0.25, 0.3) is 5.91 Å². The maximum Gasteiger partial charge on any atom is 0.251 e. The van der Waals surface area contributed by atoms with Gasteiger partial charge in [0.2, 0.25) is 5.91 Å². The van der Waals surface area contributed by atoms with Crippen LogP contribution >= 0.6 is 12.2 Å². The number of H-pyrrole nitrogens is 1. The van der Waals surface area contributed by atoms with Crippen molar-refractivity contribution in [2.75, 3.05) is 12.4 Å². The number of likely N-dealkylation sites (N-methyl/N-ethyl adjacent to an activating group) is 1. The first-order valence-corrected chi connectivity index (χ1v) is 8.57. The average Bonchev–Trinajstić information content (AvgIpc) is 3.06.